The second-order valence-corrected chi connectivity index (χ2v) is 3.41. The average molecular weight is 200 g/mol. The molecule has 0 atom stereocenters. The molecule has 0 saturated carbocycles. The molecule has 0 aromatic carbocycles. The SMILES string of the molecule is Cc1cccnc1-c1cncc(CO)c1. The first-order chi connectivity index (χ1) is 7.31. The van der Waals surface area contributed by atoms with Gasteiger partial charge in [0.2, 0.25) is 0 Å². The molecule has 0 unspecified atom stereocenters. The van der Waals surface area contributed by atoms with E-state index in [4.69, 9.17) is 5.11 Å². The predicted octanol–water partition coefficient (Wildman–Crippen LogP) is 1.94. The van der Waals surface area contributed by atoms with Crippen LogP contribution in [-0.2, 0) is 6.61 Å². The van der Waals surface area contributed by atoms with Gasteiger partial charge in [0.25, 0.3) is 0 Å². The molecule has 2 heterocycles. The summed E-state index contributed by atoms with van der Waals surface area (Å²) in [5.74, 6) is 0. The minimum Gasteiger partial charge on any atom is -0.392 e. The number of rotatable bonds is 2. The quantitative estimate of drug-likeness (QED) is 0.805. The van der Waals surface area contributed by atoms with Gasteiger partial charge in [0.1, 0.15) is 0 Å². The van der Waals surface area contributed by atoms with Gasteiger partial charge in [-0.3, -0.25) is 9.97 Å². The number of aryl methyl sites for hydroxylation is 1. The maximum Gasteiger partial charge on any atom is 0.0746 e. The van der Waals surface area contributed by atoms with E-state index in [0.29, 0.717) is 0 Å². The van der Waals surface area contributed by atoms with Gasteiger partial charge in [0.15, 0.2) is 0 Å². The highest BCUT2D eigenvalue weighted by Gasteiger charge is 2.03. The van der Waals surface area contributed by atoms with Gasteiger partial charge in [-0.15, -0.1) is 0 Å². The van der Waals surface area contributed by atoms with Crippen molar-refractivity contribution in [3.8, 4) is 11.3 Å². The molecule has 0 saturated heterocycles. The Morgan fingerprint density at radius 1 is 1.33 bits per heavy atom. The molecule has 0 fully saturated rings. The number of hydrogen-bond acceptors (Lipinski definition) is 3. The van der Waals surface area contributed by atoms with Crippen molar-refractivity contribution in [1.29, 1.82) is 0 Å². The highest BCUT2D eigenvalue weighted by atomic mass is 16.3. The van der Waals surface area contributed by atoms with E-state index in [2.05, 4.69) is 9.97 Å². The third-order valence-electron chi connectivity index (χ3n) is 2.26. The lowest BCUT2D eigenvalue weighted by atomic mass is 10.1. The van der Waals surface area contributed by atoms with Crippen LogP contribution < -0.4 is 0 Å². The molecule has 2 aromatic rings. The molecule has 0 amide bonds. The number of pyridine rings is 2. The maximum atomic E-state index is 9.02. The van der Waals surface area contributed by atoms with Crippen molar-refractivity contribution in [3.05, 3.63) is 47.9 Å². The van der Waals surface area contributed by atoms with E-state index in [9.17, 15) is 0 Å². The number of nitrogens with zero attached hydrogens (tertiary/aromatic N) is 2. The van der Waals surface area contributed by atoms with Crippen LogP contribution in [0.3, 0.4) is 0 Å². The zero-order valence-corrected chi connectivity index (χ0v) is 8.51. The summed E-state index contributed by atoms with van der Waals surface area (Å²) in [6.45, 7) is 2.01. The fourth-order valence-electron chi connectivity index (χ4n) is 1.49. The Labute approximate surface area is 88.5 Å². The molecule has 0 aliphatic carbocycles. The van der Waals surface area contributed by atoms with E-state index in [-0.39, 0.29) is 6.61 Å². The maximum absolute atomic E-state index is 9.02. The molecular formula is C12H12N2O. The fourth-order valence-corrected chi connectivity index (χ4v) is 1.49. The van der Waals surface area contributed by atoms with Crippen LogP contribution in [0.1, 0.15) is 11.1 Å². The molecule has 0 aliphatic heterocycles. The second kappa shape index (κ2) is 4.19. The Bertz CT molecular complexity index is 469. The molecule has 0 spiro atoms. The van der Waals surface area contributed by atoms with Gasteiger partial charge < -0.3 is 5.11 Å². The summed E-state index contributed by atoms with van der Waals surface area (Å²) < 4.78 is 0. The minimum absolute atomic E-state index is 0.00667. The summed E-state index contributed by atoms with van der Waals surface area (Å²) >= 11 is 0. The lowest BCUT2D eigenvalue weighted by molar-refractivity contribution is 0.281. The summed E-state index contributed by atoms with van der Waals surface area (Å²) in [4.78, 5) is 8.38. The Morgan fingerprint density at radius 3 is 2.93 bits per heavy atom. The number of aliphatic hydroxyl groups excluding tert-OH is 1. The minimum atomic E-state index is 0.00667. The van der Waals surface area contributed by atoms with E-state index in [1.165, 1.54) is 0 Å². The normalized spacial score (nSPS) is 10.3. The third-order valence-corrected chi connectivity index (χ3v) is 2.26. The van der Waals surface area contributed by atoms with Crippen LogP contribution in [0.5, 0.6) is 0 Å². The van der Waals surface area contributed by atoms with Crippen molar-refractivity contribution in [2.45, 2.75) is 13.5 Å². The molecule has 3 heteroatoms. The number of aromatic nitrogens is 2. The van der Waals surface area contributed by atoms with Crippen LogP contribution in [0.2, 0.25) is 0 Å². The first-order valence-corrected chi connectivity index (χ1v) is 4.78. The molecule has 2 rings (SSSR count). The van der Waals surface area contributed by atoms with Crippen molar-refractivity contribution in [2.75, 3.05) is 0 Å². The van der Waals surface area contributed by atoms with Crippen molar-refractivity contribution >= 4 is 0 Å². The van der Waals surface area contributed by atoms with Crippen LogP contribution in [0.4, 0.5) is 0 Å². The highest BCUT2D eigenvalue weighted by Crippen LogP contribution is 2.20. The molecule has 1 N–H and O–H groups in total. The van der Waals surface area contributed by atoms with Gasteiger partial charge in [-0.05, 0) is 30.2 Å². The predicted molar refractivity (Wildman–Crippen MR) is 58.1 cm³/mol. The Hall–Kier alpha value is -1.74. The first kappa shape index (κ1) is 9.80. The third kappa shape index (κ3) is 2.02. The van der Waals surface area contributed by atoms with Gasteiger partial charge in [-0.2, -0.15) is 0 Å². The van der Waals surface area contributed by atoms with Crippen LogP contribution in [0.25, 0.3) is 11.3 Å². The van der Waals surface area contributed by atoms with Crippen LogP contribution >= 0.6 is 0 Å². The standard InChI is InChI=1S/C12H12N2O/c1-9-3-2-4-14-12(9)11-5-10(8-15)6-13-7-11/h2-7,15H,8H2,1H3. The highest BCUT2D eigenvalue weighted by molar-refractivity contribution is 5.62. The summed E-state index contributed by atoms with van der Waals surface area (Å²) in [6, 6.07) is 5.82. The van der Waals surface area contributed by atoms with Crippen molar-refractivity contribution < 1.29 is 5.11 Å². The summed E-state index contributed by atoms with van der Waals surface area (Å²) in [5, 5.41) is 9.02. The zero-order valence-electron chi connectivity index (χ0n) is 8.51. The van der Waals surface area contributed by atoms with Crippen molar-refractivity contribution in [1.82, 2.24) is 9.97 Å². The molecule has 0 radical (unpaired) electrons. The Balaban J connectivity index is 2.49. The fraction of sp³-hybridized carbons (Fsp3) is 0.167. The average Bonchev–Trinajstić information content (AvgIpc) is 2.30. The topological polar surface area (TPSA) is 46.0 Å². The molecule has 3 nitrogen and oxygen atoms in total. The van der Waals surface area contributed by atoms with E-state index in [0.717, 1.165) is 22.4 Å². The van der Waals surface area contributed by atoms with Crippen molar-refractivity contribution in [3.63, 3.8) is 0 Å². The second-order valence-electron chi connectivity index (χ2n) is 3.41. The molecule has 76 valence electrons. The monoisotopic (exact) mass is 200 g/mol. The molecule has 0 bridgehead atoms. The van der Waals surface area contributed by atoms with Gasteiger partial charge in [-0.1, -0.05) is 6.07 Å². The Morgan fingerprint density at radius 2 is 2.20 bits per heavy atom. The van der Waals surface area contributed by atoms with Gasteiger partial charge in [-0.25, -0.2) is 0 Å². The van der Waals surface area contributed by atoms with Crippen molar-refractivity contribution in [2.24, 2.45) is 0 Å². The van der Waals surface area contributed by atoms with Gasteiger partial charge in [0, 0.05) is 24.2 Å². The van der Waals surface area contributed by atoms with Gasteiger partial charge >= 0.3 is 0 Å². The van der Waals surface area contributed by atoms with Crippen LogP contribution in [0.15, 0.2) is 36.8 Å². The summed E-state index contributed by atoms with van der Waals surface area (Å²) in [6.07, 6.45) is 5.17. The Kier molecular flexibility index (Phi) is 2.74. The lowest BCUT2D eigenvalue weighted by Crippen LogP contribution is -1.91. The molecular weight excluding hydrogens is 188 g/mol. The zero-order chi connectivity index (χ0) is 10.7. The molecule has 2 aromatic heterocycles. The van der Waals surface area contributed by atoms with Crippen LogP contribution in [-0.4, -0.2) is 15.1 Å². The molecule has 15 heavy (non-hydrogen) atoms. The largest absolute Gasteiger partial charge is 0.392 e. The summed E-state index contributed by atoms with van der Waals surface area (Å²) in [5.41, 5.74) is 3.77. The molecule has 0 aliphatic rings. The van der Waals surface area contributed by atoms with Gasteiger partial charge in [0.05, 0.1) is 12.3 Å². The summed E-state index contributed by atoms with van der Waals surface area (Å²) in [7, 11) is 0. The van der Waals surface area contributed by atoms with E-state index >= 15 is 0 Å². The van der Waals surface area contributed by atoms with Crippen LogP contribution in [0, 0.1) is 6.92 Å². The van der Waals surface area contributed by atoms with E-state index in [1.807, 2.05) is 25.1 Å². The van der Waals surface area contributed by atoms with E-state index < -0.39 is 0 Å². The smallest absolute Gasteiger partial charge is 0.0746 e. The number of aliphatic hydroxyl groups is 1. The lowest BCUT2D eigenvalue weighted by Gasteiger charge is -2.04. The van der Waals surface area contributed by atoms with E-state index in [1.54, 1.807) is 18.6 Å². The number of hydrogen-bond donors (Lipinski definition) is 1. The first-order valence-electron chi connectivity index (χ1n) is 4.78.